The number of phosphoric acid groups is 1. The summed E-state index contributed by atoms with van der Waals surface area (Å²) in [6.07, 6.45) is 80.9. The number of esters is 3. The summed E-state index contributed by atoms with van der Waals surface area (Å²) >= 11 is 0. The van der Waals surface area contributed by atoms with E-state index in [-0.39, 0.29) is 25.9 Å². The van der Waals surface area contributed by atoms with Gasteiger partial charge in [-0.3, -0.25) is 23.4 Å². The SMILES string of the molecule is CC/C=C\C/C=C\C/C=C\C/C=C\C/C=C\C/C=C\CCC(=O)OC(COC(=O)CCCCCCCC/C=C\C/C=C\C/C=C\C/C=C\CC)COP(=O)(O)OCC(CO)OC(=O)CCCCCCCCC/C=C\C/C=C\CCCCC. The minimum atomic E-state index is -4.79. The van der Waals surface area contributed by atoms with Gasteiger partial charge in [0.15, 0.2) is 6.10 Å². The van der Waals surface area contributed by atoms with Crippen molar-refractivity contribution in [2.45, 2.75) is 251 Å². The third-order valence-corrected chi connectivity index (χ3v) is 13.7. The molecule has 0 aromatic rings. The van der Waals surface area contributed by atoms with E-state index in [2.05, 4.69) is 154 Å². The number of aliphatic hydroxyl groups is 1. The third kappa shape index (κ3) is 60.0. The van der Waals surface area contributed by atoms with Gasteiger partial charge in [-0.15, -0.1) is 0 Å². The minimum Gasteiger partial charge on any atom is -0.462 e. The van der Waals surface area contributed by atoms with Crippen molar-refractivity contribution >= 4 is 25.7 Å². The molecule has 0 saturated heterocycles. The molecule has 0 bridgehead atoms. The van der Waals surface area contributed by atoms with Crippen LogP contribution in [0, 0.1) is 0 Å². The first-order valence-electron chi connectivity index (χ1n) is 31.7. The molecule has 0 aliphatic heterocycles. The number of carbonyl (C=O) groups excluding carboxylic acids is 3. The van der Waals surface area contributed by atoms with Crippen LogP contribution in [-0.4, -0.2) is 66.5 Å². The molecule has 0 radical (unpaired) electrons. The first kappa shape index (κ1) is 77.4. The molecule has 0 rings (SSSR count). The predicted molar refractivity (Wildman–Crippen MR) is 343 cm³/mol. The Labute approximate surface area is 499 Å². The van der Waals surface area contributed by atoms with E-state index < -0.39 is 57.8 Å². The fourth-order valence-corrected chi connectivity index (χ4v) is 8.77. The van der Waals surface area contributed by atoms with E-state index in [4.69, 9.17) is 23.3 Å². The summed E-state index contributed by atoms with van der Waals surface area (Å²) in [5, 5.41) is 9.85. The smallest absolute Gasteiger partial charge is 0.462 e. The van der Waals surface area contributed by atoms with Crippen LogP contribution in [0.3, 0.4) is 0 Å². The Hall–Kier alpha value is -4.64. The highest BCUT2D eigenvalue weighted by molar-refractivity contribution is 7.47. The van der Waals surface area contributed by atoms with E-state index in [0.717, 1.165) is 135 Å². The Balaban J connectivity index is 4.86. The summed E-state index contributed by atoms with van der Waals surface area (Å²) in [6.45, 7) is 4.28. The molecule has 82 heavy (non-hydrogen) atoms. The zero-order valence-corrected chi connectivity index (χ0v) is 52.3. The lowest BCUT2D eigenvalue weighted by molar-refractivity contribution is -0.161. The molecular weight excluding hydrogens is 1050 g/mol. The molecule has 0 aromatic carbocycles. The van der Waals surface area contributed by atoms with E-state index in [1.807, 2.05) is 12.2 Å². The van der Waals surface area contributed by atoms with Crippen molar-refractivity contribution in [2.24, 2.45) is 0 Å². The Morgan fingerprint density at radius 3 is 1.05 bits per heavy atom. The lowest BCUT2D eigenvalue weighted by Crippen LogP contribution is -2.30. The molecule has 0 fully saturated rings. The van der Waals surface area contributed by atoms with Gasteiger partial charge in [0.2, 0.25) is 0 Å². The zero-order chi connectivity index (χ0) is 59.8. The van der Waals surface area contributed by atoms with E-state index in [9.17, 15) is 28.9 Å². The molecular formula is C70H113O11P. The normalized spacial score (nSPS) is 14.3. The summed E-state index contributed by atoms with van der Waals surface area (Å²) in [4.78, 5) is 48.7. The maximum absolute atomic E-state index is 13.0. The van der Waals surface area contributed by atoms with Gasteiger partial charge in [-0.25, -0.2) is 4.57 Å². The fourth-order valence-electron chi connectivity index (χ4n) is 7.99. The van der Waals surface area contributed by atoms with E-state index in [1.54, 1.807) is 0 Å². The number of hydrogen-bond donors (Lipinski definition) is 2. The van der Waals surface area contributed by atoms with Crippen molar-refractivity contribution in [1.82, 2.24) is 0 Å². The molecule has 12 heteroatoms. The Morgan fingerprint density at radius 2 is 0.659 bits per heavy atom. The van der Waals surface area contributed by atoms with Crippen molar-refractivity contribution in [3.8, 4) is 0 Å². The van der Waals surface area contributed by atoms with Crippen molar-refractivity contribution in [1.29, 1.82) is 0 Å². The standard InChI is InChI=1S/C70H113O11P/c1-4-7-10-13-16-19-22-25-28-31-33-36-38-41-44-47-50-53-56-59-68(72)77-63-67(81-70(74)61-58-55-52-49-46-43-40-37-34-32-29-26-23-20-17-14-11-8-5-2)65-79-82(75,76)78-64-66(62-71)80-69(73)60-57-54-51-48-45-42-39-35-30-27-24-21-18-15-12-9-6-3/h7-8,10-11,16-21,25-30,33-34,36-37,43,46,52,55,66-67,71H,4-6,9,12-15,22-24,31-32,35,38-42,44-45,47-51,53-54,56-65H2,1-3H3,(H,75,76)/b10-7-,11-8-,19-16-,20-17-,21-18-,28-25-,29-26-,30-27-,36-33-,37-34-,46-43-,55-52-. The molecule has 0 saturated carbocycles. The van der Waals surface area contributed by atoms with Crippen LogP contribution in [0.15, 0.2) is 146 Å². The topological polar surface area (TPSA) is 155 Å². The van der Waals surface area contributed by atoms with Crippen molar-refractivity contribution in [3.05, 3.63) is 146 Å². The molecule has 3 atom stereocenters. The fraction of sp³-hybridized carbons (Fsp3) is 0.614. The summed E-state index contributed by atoms with van der Waals surface area (Å²) in [7, 11) is -4.79. The highest BCUT2D eigenvalue weighted by Crippen LogP contribution is 2.43. The molecule has 0 amide bonds. The molecule has 464 valence electrons. The molecule has 3 unspecified atom stereocenters. The van der Waals surface area contributed by atoms with Crippen LogP contribution in [0.25, 0.3) is 0 Å². The average molecular weight is 1160 g/mol. The first-order chi connectivity index (χ1) is 40.2. The number of unbranched alkanes of at least 4 members (excludes halogenated alkanes) is 16. The Morgan fingerprint density at radius 1 is 0.354 bits per heavy atom. The third-order valence-electron chi connectivity index (χ3n) is 12.7. The average Bonchev–Trinajstić information content (AvgIpc) is 3.50. The lowest BCUT2D eigenvalue weighted by atomic mass is 10.1. The van der Waals surface area contributed by atoms with Crippen LogP contribution in [0.2, 0.25) is 0 Å². The number of aliphatic hydroxyl groups excluding tert-OH is 1. The Bertz CT molecular complexity index is 1930. The number of rotatable bonds is 57. The van der Waals surface area contributed by atoms with Crippen molar-refractivity contribution < 1.29 is 52.2 Å². The molecule has 0 spiro atoms. The van der Waals surface area contributed by atoms with Gasteiger partial charge in [-0.1, -0.05) is 237 Å². The summed E-state index contributed by atoms with van der Waals surface area (Å²) in [6, 6.07) is 0. The van der Waals surface area contributed by atoms with Gasteiger partial charge in [0.25, 0.3) is 0 Å². The van der Waals surface area contributed by atoms with Crippen LogP contribution in [0.4, 0.5) is 0 Å². The van der Waals surface area contributed by atoms with Gasteiger partial charge in [0.05, 0.1) is 19.8 Å². The van der Waals surface area contributed by atoms with Gasteiger partial charge in [-0.2, -0.15) is 0 Å². The number of hydrogen-bond acceptors (Lipinski definition) is 10. The van der Waals surface area contributed by atoms with Gasteiger partial charge in [0, 0.05) is 19.3 Å². The van der Waals surface area contributed by atoms with Crippen LogP contribution < -0.4 is 0 Å². The molecule has 0 heterocycles. The molecule has 0 aliphatic carbocycles. The summed E-state index contributed by atoms with van der Waals surface area (Å²) in [5.41, 5.74) is 0. The van der Waals surface area contributed by atoms with Gasteiger partial charge in [0.1, 0.15) is 12.7 Å². The number of ether oxygens (including phenoxy) is 3. The monoisotopic (exact) mass is 1160 g/mol. The van der Waals surface area contributed by atoms with Gasteiger partial charge >= 0.3 is 25.7 Å². The largest absolute Gasteiger partial charge is 0.472 e. The van der Waals surface area contributed by atoms with Crippen molar-refractivity contribution in [2.75, 3.05) is 26.4 Å². The van der Waals surface area contributed by atoms with E-state index in [0.29, 0.717) is 25.7 Å². The van der Waals surface area contributed by atoms with Crippen LogP contribution in [-0.2, 0) is 42.2 Å². The quantitative estimate of drug-likeness (QED) is 0.0197. The summed E-state index contributed by atoms with van der Waals surface area (Å²) in [5.74, 6) is -1.60. The zero-order valence-electron chi connectivity index (χ0n) is 51.4. The van der Waals surface area contributed by atoms with Gasteiger partial charge < -0.3 is 24.2 Å². The predicted octanol–water partition coefficient (Wildman–Crippen LogP) is 19.5. The first-order valence-corrected chi connectivity index (χ1v) is 33.2. The van der Waals surface area contributed by atoms with Crippen molar-refractivity contribution in [3.63, 3.8) is 0 Å². The molecule has 0 aromatic heterocycles. The summed E-state index contributed by atoms with van der Waals surface area (Å²) < 4.78 is 39.6. The maximum atomic E-state index is 13.0. The van der Waals surface area contributed by atoms with Gasteiger partial charge in [-0.05, 0) is 128 Å². The molecule has 0 aliphatic rings. The minimum absolute atomic E-state index is 0.0306. The number of allylic oxidation sites excluding steroid dienone is 24. The lowest BCUT2D eigenvalue weighted by Gasteiger charge is -2.21. The number of phosphoric ester groups is 1. The second-order valence-electron chi connectivity index (χ2n) is 20.5. The second kappa shape index (κ2) is 62.4. The Kier molecular flexibility index (Phi) is 58.9. The molecule has 11 nitrogen and oxygen atoms in total. The van der Waals surface area contributed by atoms with Crippen LogP contribution >= 0.6 is 7.82 Å². The highest BCUT2D eigenvalue weighted by atomic mass is 31.2. The second-order valence-corrected chi connectivity index (χ2v) is 21.9. The number of carbonyl (C=O) groups is 3. The van der Waals surface area contributed by atoms with Crippen LogP contribution in [0.1, 0.15) is 239 Å². The highest BCUT2D eigenvalue weighted by Gasteiger charge is 2.28. The molecule has 2 N–H and O–H groups in total. The van der Waals surface area contributed by atoms with E-state index >= 15 is 0 Å². The van der Waals surface area contributed by atoms with E-state index in [1.165, 1.54) is 38.5 Å². The van der Waals surface area contributed by atoms with Crippen LogP contribution in [0.5, 0.6) is 0 Å². The maximum Gasteiger partial charge on any atom is 0.472 e.